The van der Waals surface area contributed by atoms with Gasteiger partial charge in [0.15, 0.2) is 0 Å². The molecule has 0 saturated heterocycles. The Hall–Kier alpha value is -0.540. The summed E-state index contributed by atoms with van der Waals surface area (Å²) in [5.74, 6) is 0.671. The molecule has 0 aliphatic carbocycles. The van der Waals surface area contributed by atoms with Gasteiger partial charge in [0.05, 0.1) is 12.7 Å². The molecule has 2 nitrogen and oxygen atoms in total. The zero-order chi connectivity index (χ0) is 12.1. The molecule has 0 spiro atoms. The Balaban J connectivity index is 2.48. The summed E-state index contributed by atoms with van der Waals surface area (Å²) in [6.45, 7) is 7.16. The van der Waals surface area contributed by atoms with Gasteiger partial charge in [-0.25, -0.2) is 0 Å². The van der Waals surface area contributed by atoms with Gasteiger partial charge in [0.2, 0.25) is 0 Å². The number of anilines is 1. The molecule has 0 heterocycles. The molecule has 1 atom stereocenters. The zero-order valence-electron chi connectivity index (χ0n) is 10.2. The van der Waals surface area contributed by atoms with Gasteiger partial charge in [-0.2, -0.15) is 0 Å². The number of nitrogen functional groups attached to an aromatic ring is 1. The lowest BCUT2D eigenvalue weighted by atomic mass is 10.1. The summed E-state index contributed by atoms with van der Waals surface area (Å²) in [7, 11) is 0. The van der Waals surface area contributed by atoms with E-state index in [-0.39, 0.29) is 0 Å². The Morgan fingerprint density at radius 2 is 2.00 bits per heavy atom. The minimum absolute atomic E-state index is 0.296. The Labute approximate surface area is 106 Å². The number of hydrogen-bond donors (Lipinski definition) is 1. The van der Waals surface area contributed by atoms with E-state index in [2.05, 4.69) is 36.7 Å². The first-order valence-corrected chi connectivity index (χ1v) is 6.44. The highest BCUT2D eigenvalue weighted by atomic mass is 79.9. The van der Waals surface area contributed by atoms with E-state index >= 15 is 0 Å². The van der Waals surface area contributed by atoms with Crippen LogP contribution in [0.3, 0.4) is 0 Å². The third kappa shape index (κ3) is 4.54. The third-order valence-electron chi connectivity index (χ3n) is 2.40. The van der Waals surface area contributed by atoms with E-state index < -0.39 is 0 Å². The number of halogens is 1. The highest BCUT2D eigenvalue weighted by Crippen LogP contribution is 2.21. The van der Waals surface area contributed by atoms with Gasteiger partial charge in [-0.05, 0) is 37.0 Å². The summed E-state index contributed by atoms with van der Waals surface area (Å²) < 4.78 is 6.81. The zero-order valence-corrected chi connectivity index (χ0v) is 11.8. The number of nitrogens with two attached hydrogens (primary N) is 1. The van der Waals surface area contributed by atoms with E-state index in [1.54, 1.807) is 0 Å². The van der Waals surface area contributed by atoms with E-state index in [0.717, 1.165) is 22.1 Å². The lowest BCUT2D eigenvalue weighted by molar-refractivity contribution is 0.0394. The second-order valence-corrected chi connectivity index (χ2v) is 5.46. The van der Waals surface area contributed by atoms with E-state index in [1.165, 1.54) is 0 Å². The number of benzene rings is 1. The van der Waals surface area contributed by atoms with Gasteiger partial charge in [0.1, 0.15) is 0 Å². The molecule has 0 saturated carbocycles. The first-order chi connectivity index (χ1) is 7.49. The first-order valence-electron chi connectivity index (χ1n) is 5.64. The largest absolute Gasteiger partial charge is 0.399 e. The topological polar surface area (TPSA) is 35.2 Å². The van der Waals surface area contributed by atoms with Gasteiger partial charge in [0.25, 0.3) is 0 Å². The van der Waals surface area contributed by atoms with Gasteiger partial charge in [-0.15, -0.1) is 0 Å². The number of ether oxygens (including phenoxy) is 1. The van der Waals surface area contributed by atoms with Gasteiger partial charge < -0.3 is 10.5 Å². The van der Waals surface area contributed by atoms with Crippen molar-refractivity contribution in [3.63, 3.8) is 0 Å². The molecule has 1 rings (SSSR count). The predicted octanol–water partition coefficient (Wildman–Crippen LogP) is 3.98. The van der Waals surface area contributed by atoms with Crippen LogP contribution in [0.1, 0.15) is 32.8 Å². The average Bonchev–Trinajstić information content (AvgIpc) is 2.15. The van der Waals surface area contributed by atoms with Crippen LogP contribution in [0.25, 0.3) is 0 Å². The van der Waals surface area contributed by atoms with E-state index in [0.29, 0.717) is 18.6 Å². The Morgan fingerprint density at radius 1 is 1.31 bits per heavy atom. The molecule has 0 fully saturated rings. The fourth-order valence-corrected chi connectivity index (χ4v) is 2.16. The van der Waals surface area contributed by atoms with Gasteiger partial charge in [-0.3, -0.25) is 0 Å². The maximum absolute atomic E-state index is 5.79. The monoisotopic (exact) mass is 285 g/mol. The maximum atomic E-state index is 5.79. The van der Waals surface area contributed by atoms with Crippen molar-refractivity contribution in [2.24, 2.45) is 5.92 Å². The quantitative estimate of drug-likeness (QED) is 0.831. The van der Waals surface area contributed by atoms with E-state index in [4.69, 9.17) is 10.5 Å². The highest BCUT2D eigenvalue weighted by molar-refractivity contribution is 9.10. The van der Waals surface area contributed by atoms with Crippen LogP contribution in [-0.4, -0.2) is 6.10 Å². The van der Waals surface area contributed by atoms with Crippen molar-refractivity contribution in [1.29, 1.82) is 0 Å². The Morgan fingerprint density at radius 3 is 2.56 bits per heavy atom. The summed E-state index contributed by atoms with van der Waals surface area (Å²) in [5.41, 5.74) is 7.59. The van der Waals surface area contributed by atoms with Crippen molar-refractivity contribution in [2.45, 2.75) is 39.9 Å². The second-order valence-electron chi connectivity index (χ2n) is 4.60. The first kappa shape index (κ1) is 13.5. The minimum atomic E-state index is 0.296. The van der Waals surface area contributed by atoms with Crippen molar-refractivity contribution in [3.8, 4) is 0 Å². The van der Waals surface area contributed by atoms with Crippen LogP contribution in [0.5, 0.6) is 0 Å². The van der Waals surface area contributed by atoms with Crippen LogP contribution < -0.4 is 5.73 Å². The van der Waals surface area contributed by atoms with Crippen LogP contribution in [0.2, 0.25) is 0 Å². The fraction of sp³-hybridized carbons (Fsp3) is 0.538. The van der Waals surface area contributed by atoms with Gasteiger partial charge in [0, 0.05) is 10.2 Å². The summed E-state index contributed by atoms with van der Waals surface area (Å²) in [6, 6.07) is 5.81. The Kier molecular flexibility index (Phi) is 5.29. The molecular weight excluding hydrogens is 266 g/mol. The van der Waals surface area contributed by atoms with Crippen LogP contribution in [0.15, 0.2) is 22.7 Å². The highest BCUT2D eigenvalue weighted by Gasteiger charge is 2.07. The average molecular weight is 286 g/mol. The molecule has 90 valence electrons. The summed E-state index contributed by atoms with van der Waals surface area (Å²) in [5, 5.41) is 0. The fourth-order valence-electron chi connectivity index (χ4n) is 1.64. The van der Waals surface area contributed by atoms with Crippen molar-refractivity contribution in [3.05, 3.63) is 28.2 Å². The lowest BCUT2D eigenvalue weighted by Crippen LogP contribution is -2.11. The molecule has 16 heavy (non-hydrogen) atoms. The molecule has 0 aromatic heterocycles. The maximum Gasteiger partial charge on any atom is 0.0731 e. The summed E-state index contributed by atoms with van der Waals surface area (Å²) in [6.07, 6.45) is 1.39. The molecule has 1 aromatic rings. The molecule has 0 bridgehead atoms. The van der Waals surface area contributed by atoms with Crippen molar-refractivity contribution < 1.29 is 4.74 Å². The molecule has 0 aliphatic heterocycles. The molecule has 3 heteroatoms. The predicted molar refractivity (Wildman–Crippen MR) is 72.3 cm³/mol. The van der Waals surface area contributed by atoms with Crippen LogP contribution in [0.4, 0.5) is 5.69 Å². The van der Waals surface area contributed by atoms with Crippen molar-refractivity contribution in [2.75, 3.05) is 5.73 Å². The lowest BCUT2D eigenvalue weighted by Gasteiger charge is -2.15. The van der Waals surface area contributed by atoms with E-state index in [9.17, 15) is 0 Å². The summed E-state index contributed by atoms with van der Waals surface area (Å²) in [4.78, 5) is 0. The SMILES string of the molecule is CC(C)CC(C)OCc1ccc(N)cc1Br. The van der Waals surface area contributed by atoms with Gasteiger partial charge >= 0.3 is 0 Å². The molecule has 0 radical (unpaired) electrons. The van der Waals surface area contributed by atoms with E-state index in [1.807, 2.05) is 18.2 Å². The van der Waals surface area contributed by atoms with Crippen molar-refractivity contribution in [1.82, 2.24) is 0 Å². The molecule has 0 aliphatic rings. The smallest absolute Gasteiger partial charge is 0.0731 e. The molecule has 0 amide bonds. The third-order valence-corrected chi connectivity index (χ3v) is 3.14. The normalized spacial score (nSPS) is 13.1. The van der Waals surface area contributed by atoms with Crippen LogP contribution >= 0.6 is 15.9 Å². The number of rotatable bonds is 5. The molecule has 1 aromatic carbocycles. The minimum Gasteiger partial charge on any atom is -0.399 e. The van der Waals surface area contributed by atoms with Crippen molar-refractivity contribution >= 4 is 21.6 Å². The van der Waals surface area contributed by atoms with Crippen LogP contribution in [0, 0.1) is 5.92 Å². The molecular formula is C13H20BrNO. The summed E-state index contributed by atoms with van der Waals surface area (Å²) >= 11 is 3.49. The second kappa shape index (κ2) is 6.26. The molecule has 1 unspecified atom stereocenters. The Bertz CT molecular complexity index is 339. The number of hydrogen-bond acceptors (Lipinski definition) is 2. The standard InChI is InChI=1S/C13H20BrNO/c1-9(2)6-10(3)16-8-11-4-5-12(15)7-13(11)14/h4-5,7,9-10H,6,8,15H2,1-3H3. The van der Waals surface area contributed by atoms with Gasteiger partial charge in [-0.1, -0.05) is 35.8 Å². The molecule has 2 N–H and O–H groups in total. The van der Waals surface area contributed by atoms with Crippen LogP contribution in [-0.2, 0) is 11.3 Å².